The fourth-order valence-electron chi connectivity index (χ4n) is 4.26. The molecule has 2 aliphatic carbocycles. The minimum Gasteiger partial charge on any atom is -0.359 e. The molecule has 2 aromatic carbocycles. The maximum Gasteiger partial charge on any atom is 0.160 e. The first kappa shape index (κ1) is 10.7. The van der Waals surface area contributed by atoms with Crippen molar-refractivity contribution >= 4 is 5.78 Å². The Labute approximate surface area is 121 Å². The summed E-state index contributed by atoms with van der Waals surface area (Å²) in [5.41, 5.74) is 8.14. The SMILES string of the molecule is CC(=O)c1ccc2c3c1[C@@H]1O[C@@H]1c1cccc(c1-3)[C@@H]1O[C@H]21. The molecule has 0 spiro atoms. The van der Waals surface area contributed by atoms with Gasteiger partial charge < -0.3 is 9.47 Å². The monoisotopic (exact) mass is 276 g/mol. The maximum absolute atomic E-state index is 12.0. The lowest BCUT2D eigenvalue weighted by molar-refractivity contribution is 0.101. The van der Waals surface area contributed by atoms with Crippen LogP contribution in [0.5, 0.6) is 0 Å². The van der Waals surface area contributed by atoms with Crippen molar-refractivity contribution in [2.75, 3.05) is 0 Å². The molecule has 0 N–H and O–H groups in total. The van der Waals surface area contributed by atoms with Crippen LogP contribution in [0, 0.1) is 0 Å². The van der Waals surface area contributed by atoms with Crippen LogP contribution in [0.1, 0.15) is 64.0 Å². The van der Waals surface area contributed by atoms with E-state index in [0.717, 1.165) is 11.1 Å². The van der Waals surface area contributed by atoms with E-state index in [-0.39, 0.29) is 30.2 Å². The van der Waals surface area contributed by atoms with Gasteiger partial charge >= 0.3 is 0 Å². The molecule has 0 saturated carbocycles. The van der Waals surface area contributed by atoms with Gasteiger partial charge in [-0.15, -0.1) is 0 Å². The lowest BCUT2D eigenvalue weighted by Gasteiger charge is -2.26. The van der Waals surface area contributed by atoms with Gasteiger partial charge in [0.15, 0.2) is 5.78 Å². The van der Waals surface area contributed by atoms with E-state index in [1.165, 1.54) is 27.8 Å². The van der Waals surface area contributed by atoms with Crippen LogP contribution in [0.4, 0.5) is 0 Å². The molecule has 0 aromatic heterocycles. The lowest BCUT2D eigenvalue weighted by Crippen LogP contribution is -2.12. The number of Topliss-reactive ketones (excluding diaryl/α,β-unsaturated/α-hetero) is 1. The molecule has 3 nitrogen and oxygen atoms in total. The van der Waals surface area contributed by atoms with Crippen LogP contribution in [-0.4, -0.2) is 5.78 Å². The fraction of sp³-hybridized carbons (Fsp3) is 0.278. The zero-order valence-electron chi connectivity index (χ0n) is 11.4. The van der Waals surface area contributed by atoms with Crippen molar-refractivity contribution in [1.82, 2.24) is 0 Å². The highest BCUT2D eigenvalue weighted by Crippen LogP contribution is 2.68. The van der Waals surface area contributed by atoms with E-state index >= 15 is 0 Å². The maximum atomic E-state index is 12.0. The molecule has 4 atom stereocenters. The zero-order chi connectivity index (χ0) is 13.9. The number of carbonyl (C=O) groups is 1. The minimum absolute atomic E-state index is 0.0527. The summed E-state index contributed by atoms with van der Waals surface area (Å²) in [6.45, 7) is 1.64. The summed E-state index contributed by atoms with van der Waals surface area (Å²) in [4.78, 5) is 12.0. The summed E-state index contributed by atoms with van der Waals surface area (Å²) in [7, 11) is 0. The quantitative estimate of drug-likeness (QED) is 0.587. The fourth-order valence-corrected chi connectivity index (χ4v) is 4.26. The van der Waals surface area contributed by atoms with Crippen molar-refractivity contribution in [3.05, 3.63) is 58.1 Å². The largest absolute Gasteiger partial charge is 0.359 e. The number of fused-ring (bicyclic) bond motifs is 6. The van der Waals surface area contributed by atoms with Crippen LogP contribution in [0.25, 0.3) is 11.1 Å². The average Bonchev–Trinajstić information content (AvgIpc) is 3.36. The Kier molecular flexibility index (Phi) is 1.58. The average molecular weight is 276 g/mol. The molecule has 0 radical (unpaired) electrons. The van der Waals surface area contributed by atoms with Gasteiger partial charge in [0.05, 0.1) is 0 Å². The van der Waals surface area contributed by atoms with Crippen molar-refractivity contribution in [2.45, 2.75) is 31.3 Å². The Morgan fingerprint density at radius 1 is 0.857 bits per heavy atom. The summed E-state index contributed by atoms with van der Waals surface area (Å²) >= 11 is 0. The second-order valence-corrected chi connectivity index (χ2v) is 6.31. The highest BCUT2D eigenvalue weighted by atomic mass is 16.6. The van der Waals surface area contributed by atoms with Gasteiger partial charge in [0, 0.05) is 11.1 Å². The minimum atomic E-state index is 0.0527. The number of ketones is 1. The molecule has 2 aromatic rings. The first-order valence-corrected chi connectivity index (χ1v) is 7.37. The molecule has 6 rings (SSSR count). The first-order chi connectivity index (χ1) is 10.3. The molecule has 2 saturated heterocycles. The third kappa shape index (κ3) is 1.10. The molecule has 2 aliphatic heterocycles. The number of rotatable bonds is 1. The van der Waals surface area contributed by atoms with Crippen molar-refractivity contribution in [3.63, 3.8) is 0 Å². The molecule has 0 bridgehead atoms. The zero-order valence-corrected chi connectivity index (χ0v) is 11.4. The molecule has 3 heteroatoms. The molecule has 2 heterocycles. The van der Waals surface area contributed by atoms with Crippen molar-refractivity contribution in [3.8, 4) is 11.1 Å². The standard InChI is InChI=1S/C18H12O3/c1-7(19)8-5-6-11-13-12-9(15-16(11)20-15)3-2-4-10(12)17-18(21-17)14(8)13/h2-6,15-18H,1H3/t15-,16+,17+,18-/m0/s1. The third-order valence-corrected chi connectivity index (χ3v) is 5.22. The van der Waals surface area contributed by atoms with Crippen molar-refractivity contribution in [2.24, 2.45) is 0 Å². The number of ether oxygens (including phenoxy) is 2. The number of epoxide rings is 2. The molecule has 4 aliphatic rings. The Morgan fingerprint density at radius 3 is 2.19 bits per heavy atom. The molecular weight excluding hydrogens is 264 g/mol. The number of hydrogen-bond acceptors (Lipinski definition) is 3. The van der Waals surface area contributed by atoms with Gasteiger partial charge in [0.2, 0.25) is 0 Å². The summed E-state index contributed by atoms with van der Waals surface area (Å²) < 4.78 is 11.8. The summed E-state index contributed by atoms with van der Waals surface area (Å²) in [6.07, 6.45) is 0.532. The van der Waals surface area contributed by atoms with Crippen molar-refractivity contribution < 1.29 is 14.3 Å². The van der Waals surface area contributed by atoms with Gasteiger partial charge in [-0.05, 0) is 34.7 Å². The smallest absolute Gasteiger partial charge is 0.160 e. The van der Waals surface area contributed by atoms with Gasteiger partial charge in [0.25, 0.3) is 0 Å². The normalized spacial score (nSPS) is 31.9. The lowest BCUT2D eigenvalue weighted by atomic mass is 9.74. The van der Waals surface area contributed by atoms with Crippen LogP contribution in [0.2, 0.25) is 0 Å². The van der Waals surface area contributed by atoms with E-state index in [9.17, 15) is 4.79 Å². The summed E-state index contributed by atoms with van der Waals surface area (Å²) in [5.74, 6) is 0.113. The van der Waals surface area contributed by atoms with Gasteiger partial charge in [0.1, 0.15) is 24.4 Å². The third-order valence-electron chi connectivity index (χ3n) is 5.22. The van der Waals surface area contributed by atoms with Gasteiger partial charge in [-0.25, -0.2) is 0 Å². The Bertz CT molecular complexity index is 853. The van der Waals surface area contributed by atoms with Crippen LogP contribution < -0.4 is 0 Å². The van der Waals surface area contributed by atoms with Crippen LogP contribution in [-0.2, 0) is 9.47 Å². The molecule has 0 unspecified atom stereocenters. The van der Waals surface area contributed by atoms with E-state index in [1.807, 2.05) is 6.07 Å². The molecule has 21 heavy (non-hydrogen) atoms. The Balaban J connectivity index is 1.81. The molecule has 102 valence electrons. The molecule has 2 fully saturated rings. The predicted octanol–water partition coefficient (Wildman–Crippen LogP) is 3.81. The predicted molar refractivity (Wildman–Crippen MR) is 75.0 cm³/mol. The Hall–Kier alpha value is -1.97. The van der Waals surface area contributed by atoms with Crippen LogP contribution in [0.3, 0.4) is 0 Å². The van der Waals surface area contributed by atoms with Gasteiger partial charge in [-0.3, -0.25) is 4.79 Å². The second kappa shape index (κ2) is 3.11. The second-order valence-electron chi connectivity index (χ2n) is 6.31. The van der Waals surface area contributed by atoms with Crippen LogP contribution >= 0.6 is 0 Å². The highest BCUT2D eigenvalue weighted by Gasteiger charge is 2.56. The van der Waals surface area contributed by atoms with Gasteiger partial charge in [-0.1, -0.05) is 30.3 Å². The van der Waals surface area contributed by atoms with Crippen molar-refractivity contribution in [1.29, 1.82) is 0 Å². The Morgan fingerprint density at radius 2 is 1.48 bits per heavy atom. The van der Waals surface area contributed by atoms with E-state index in [4.69, 9.17) is 9.47 Å². The van der Waals surface area contributed by atoms with Gasteiger partial charge in [-0.2, -0.15) is 0 Å². The first-order valence-electron chi connectivity index (χ1n) is 7.37. The van der Waals surface area contributed by atoms with Crippen LogP contribution in [0.15, 0.2) is 30.3 Å². The van der Waals surface area contributed by atoms with E-state index in [0.29, 0.717) is 0 Å². The molecule has 0 amide bonds. The van der Waals surface area contributed by atoms with E-state index in [2.05, 4.69) is 24.3 Å². The highest BCUT2D eigenvalue weighted by molar-refractivity contribution is 6.00. The summed E-state index contributed by atoms with van der Waals surface area (Å²) in [5, 5.41) is 0. The molecular formula is C18H12O3. The number of hydrogen-bond donors (Lipinski definition) is 0. The number of carbonyl (C=O) groups excluding carboxylic acids is 1. The van der Waals surface area contributed by atoms with E-state index in [1.54, 1.807) is 6.92 Å². The van der Waals surface area contributed by atoms with E-state index < -0.39 is 0 Å². The topological polar surface area (TPSA) is 42.1 Å². The summed E-state index contributed by atoms with van der Waals surface area (Å²) in [6, 6.07) is 10.4. The number of benzene rings is 2.